The fourth-order valence-electron chi connectivity index (χ4n) is 5.83. The molecule has 2 aliphatic rings. The van der Waals surface area contributed by atoms with Crippen LogP contribution in [0.3, 0.4) is 0 Å². The van der Waals surface area contributed by atoms with Gasteiger partial charge in [-0.25, -0.2) is 9.59 Å². The molecule has 0 saturated carbocycles. The summed E-state index contributed by atoms with van der Waals surface area (Å²) in [4.78, 5) is 57.4. The van der Waals surface area contributed by atoms with Crippen LogP contribution in [0, 0.1) is 13.8 Å². The first-order valence-electron chi connectivity index (χ1n) is 15.9. The standard InChI is InChI=1S/C35H42N6O6/c1-24-7-9-26(10-8-24)29(23-32(42)43)37-33(44)27-11-12-31(30(22-27)38-34(45)36-28-6-3-5-25(2)21-28)39-13-4-14-40(16-15-39)35(46)41-17-19-47-20-18-41/h3,5-12,21-22,29H,4,13-20,23H2,1-2H3,(H,37,44)(H,42,43)(H2,36,38,45). The van der Waals surface area contributed by atoms with Gasteiger partial charge in [-0.05, 0) is 61.7 Å². The number of anilines is 3. The molecule has 2 fully saturated rings. The van der Waals surface area contributed by atoms with Gasteiger partial charge in [0.1, 0.15) is 0 Å². The summed E-state index contributed by atoms with van der Waals surface area (Å²) in [5.41, 5.74) is 4.71. The number of hydrogen-bond acceptors (Lipinski definition) is 6. The number of amides is 5. The van der Waals surface area contributed by atoms with Gasteiger partial charge >= 0.3 is 18.0 Å². The van der Waals surface area contributed by atoms with Crippen molar-refractivity contribution in [1.29, 1.82) is 0 Å². The average molecular weight is 643 g/mol. The van der Waals surface area contributed by atoms with Crippen LogP contribution in [0.5, 0.6) is 0 Å². The minimum Gasteiger partial charge on any atom is -0.481 e. The van der Waals surface area contributed by atoms with E-state index in [9.17, 15) is 24.3 Å². The number of rotatable bonds is 8. The van der Waals surface area contributed by atoms with Gasteiger partial charge in [-0.3, -0.25) is 9.59 Å². The van der Waals surface area contributed by atoms with Crippen molar-refractivity contribution in [3.63, 3.8) is 0 Å². The smallest absolute Gasteiger partial charge is 0.323 e. The van der Waals surface area contributed by atoms with Crippen molar-refractivity contribution in [2.75, 3.05) is 68.0 Å². The molecule has 0 radical (unpaired) electrons. The lowest BCUT2D eigenvalue weighted by atomic mass is 10.0. The number of hydrogen-bond donors (Lipinski definition) is 4. The summed E-state index contributed by atoms with van der Waals surface area (Å²) >= 11 is 0. The summed E-state index contributed by atoms with van der Waals surface area (Å²) in [6.07, 6.45) is 0.436. The van der Waals surface area contributed by atoms with E-state index in [0.29, 0.717) is 75.1 Å². The molecule has 3 aromatic rings. The molecule has 1 unspecified atom stereocenters. The van der Waals surface area contributed by atoms with E-state index in [1.165, 1.54) is 0 Å². The molecule has 2 saturated heterocycles. The first-order chi connectivity index (χ1) is 22.7. The van der Waals surface area contributed by atoms with Crippen molar-refractivity contribution in [2.45, 2.75) is 32.7 Å². The number of morpholine rings is 1. The van der Waals surface area contributed by atoms with Crippen molar-refractivity contribution in [3.05, 3.63) is 89.0 Å². The number of carbonyl (C=O) groups excluding carboxylic acids is 3. The molecule has 0 aliphatic carbocycles. The van der Waals surface area contributed by atoms with E-state index >= 15 is 0 Å². The van der Waals surface area contributed by atoms with Crippen molar-refractivity contribution in [2.24, 2.45) is 0 Å². The van der Waals surface area contributed by atoms with Gasteiger partial charge in [0.15, 0.2) is 0 Å². The monoisotopic (exact) mass is 642 g/mol. The van der Waals surface area contributed by atoms with Crippen LogP contribution in [0.4, 0.5) is 26.7 Å². The van der Waals surface area contributed by atoms with Gasteiger partial charge in [0.05, 0.1) is 37.1 Å². The second kappa shape index (κ2) is 15.5. The summed E-state index contributed by atoms with van der Waals surface area (Å²) in [6, 6.07) is 18.6. The number of aryl methyl sites for hydroxylation is 2. The predicted molar refractivity (Wildman–Crippen MR) is 180 cm³/mol. The Kier molecular flexibility index (Phi) is 10.9. The van der Waals surface area contributed by atoms with Crippen molar-refractivity contribution >= 4 is 41.0 Å². The lowest BCUT2D eigenvalue weighted by Crippen LogP contribution is -2.49. The average Bonchev–Trinajstić information content (AvgIpc) is 3.31. The van der Waals surface area contributed by atoms with Crippen molar-refractivity contribution in [1.82, 2.24) is 15.1 Å². The minimum absolute atomic E-state index is 0.00235. The van der Waals surface area contributed by atoms with Crippen LogP contribution in [-0.2, 0) is 9.53 Å². The van der Waals surface area contributed by atoms with Gasteiger partial charge < -0.3 is 40.5 Å². The molecule has 5 rings (SSSR count). The quantitative estimate of drug-likeness (QED) is 0.275. The number of nitrogens with one attached hydrogen (secondary N) is 3. The Morgan fingerprint density at radius 1 is 0.809 bits per heavy atom. The molecule has 2 heterocycles. The summed E-state index contributed by atoms with van der Waals surface area (Å²) in [6.45, 7) is 8.36. The third-order valence-corrected chi connectivity index (χ3v) is 8.34. The van der Waals surface area contributed by atoms with Crippen LogP contribution in [0.25, 0.3) is 0 Å². The highest BCUT2D eigenvalue weighted by atomic mass is 16.5. The first-order valence-corrected chi connectivity index (χ1v) is 15.9. The Balaban J connectivity index is 1.37. The van der Waals surface area contributed by atoms with Crippen molar-refractivity contribution < 1.29 is 29.0 Å². The highest BCUT2D eigenvalue weighted by Gasteiger charge is 2.27. The lowest BCUT2D eigenvalue weighted by Gasteiger charge is -2.32. The molecule has 3 aromatic carbocycles. The maximum atomic E-state index is 13.6. The van der Waals surface area contributed by atoms with E-state index in [1.807, 2.05) is 54.0 Å². The van der Waals surface area contributed by atoms with Crippen LogP contribution in [0.2, 0.25) is 0 Å². The number of carboxylic acids is 1. The second-order valence-electron chi connectivity index (χ2n) is 11.9. The highest BCUT2D eigenvalue weighted by Crippen LogP contribution is 2.30. The molecule has 0 bridgehead atoms. The van der Waals surface area contributed by atoms with Gasteiger partial charge in [-0.2, -0.15) is 0 Å². The fourth-order valence-corrected chi connectivity index (χ4v) is 5.83. The van der Waals surface area contributed by atoms with Gasteiger partial charge in [0, 0.05) is 50.5 Å². The Hall–Kier alpha value is -5.10. The Morgan fingerprint density at radius 2 is 1.55 bits per heavy atom. The Bertz CT molecular complexity index is 1590. The van der Waals surface area contributed by atoms with Gasteiger partial charge in [-0.1, -0.05) is 42.0 Å². The van der Waals surface area contributed by atoms with Crippen molar-refractivity contribution in [3.8, 4) is 0 Å². The minimum atomic E-state index is -1.04. The molecule has 47 heavy (non-hydrogen) atoms. The highest BCUT2D eigenvalue weighted by molar-refractivity contribution is 6.04. The molecule has 248 valence electrons. The Labute approximate surface area is 274 Å². The third kappa shape index (κ3) is 9.01. The number of nitrogens with zero attached hydrogens (tertiary/aromatic N) is 3. The predicted octanol–water partition coefficient (Wildman–Crippen LogP) is 4.86. The van der Waals surface area contributed by atoms with Crippen LogP contribution in [0.15, 0.2) is 66.7 Å². The maximum absolute atomic E-state index is 13.6. The van der Waals surface area contributed by atoms with E-state index in [2.05, 4.69) is 20.9 Å². The van der Waals surface area contributed by atoms with Crippen LogP contribution in [-0.4, -0.2) is 91.3 Å². The molecule has 4 N–H and O–H groups in total. The molecular weight excluding hydrogens is 600 g/mol. The molecule has 5 amide bonds. The molecule has 0 spiro atoms. The van der Waals surface area contributed by atoms with Crippen LogP contribution in [0.1, 0.15) is 45.9 Å². The van der Waals surface area contributed by atoms with Gasteiger partial charge in [0.2, 0.25) is 0 Å². The number of ether oxygens (including phenoxy) is 1. The second-order valence-corrected chi connectivity index (χ2v) is 11.9. The topological polar surface area (TPSA) is 144 Å². The number of carboxylic acid groups (broad SMARTS) is 1. The zero-order chi connectivity index (χ0) is 33.3. The molecule has 12 nitrogen and oxygen atoms in total. The summed E-state index contributed by atoms with van der Waals surface area (Å²) in [5.74, 6) is -1.51. The lowest BCUT2D eigenvalue weighted by molar-refractivity contribution is -0.137. The zero-order valence-corrected chi connectivity index (χ0v) is 26.8. The largest absolute Gasteiger partial charge is 0.481 e. The molecule has 1 atom stereocenters. The molecule has 12 heteroatoms. The number of carbonyl (C=O) groups is 4. The first kappa shape index (κ1) is 33.3. The molecular formula is C35H42N6O6. The van der Waals surface area contributed by atoms with Gasteiger partial charge in [-0.15, -0.1) is 0 Å². The number of aliphatic carboxylic acids is 1. The fraction of sp³-hybridized carbons (Fsp3) is 0.371. The summed E-state index contributed by atoms with van der Waals surface area (Å²) < 4.78 is 5.40. The zero-order valence-electron chi connectivity index (χ0n) is 26.8. The summed E-state index contributed by atoms with van der Waals surface area (Å²) in [7, 11) is 0. The van der Waals surface area contributed by atoms with E-state index < -0.39 is 23.9 Å². The maximum Gasteiger partial charge on any atom is 0.323 e. The summed E-state index contributed by atoms with van der Waals surface area (Å²) in [5, 5.41) is 18.2. The van der Waals surface area contributed by atoms with E-state index in [4.69, 9.17) is 4.74 Å². The Morgan fingerprint density at radius 3 is 2.28 bits per heavy atom. The van der Waals surface area contributed by atoms with Gasteiger partial charge in [0.25, 0.3) is 5.91 Å². The normalized spacial score (nSPS) is 15.7. The van der Waals surface area contributed by atoms with E-state index in [1.54, 1.807) is 36.4 Å². The number of benzene rings is 3. The van der Waals surface area contributed by atoms with E-state index in [-0.39, 0.29) is 18.0 Å². The van der Waals surface area contributed by atoms with E-state index in [0.717, 1.165) is 17.5 Å². The third-order valence-electron chi connectivity index (χ3n) is 8.34. The number of urea groups is 2. The van der Waals surface area contributed by atoms with Crippen LogP contribution < -0.4 is 20.9 Å². The molecule has 2 aliphatic heterocycles. The van der Waals surface area contributed by atoms with Crippen LogP contribution >= 0.6 is 0 Å². The SMILES string of the molecule is Cc1ccc(C(CC(=O)O)NC(=O)c2ccc(N3CCCN(C(=O)N4CCOCC4)CC3)c(NC(=O)Nc3cccc(C)c3)c2)cc1. The molecule has 0 aromatic heterocycles.